The third kappa shape index (κ3) is 1.94. The van der Waals surface area contributed by atoms with Gasteiger partial charge < -0.3 is 10.6 Å². The van der Waals surface area contributed by atoms with E-state index in [4.69, 9.17) is 5.73 Å². The van der Waals surface area contributed by atoms with Crippen molar-refractivity contribution in [2.45, 2.75) is 39.2 Å². The fraction of sp³-hybridized carbons (Fsp3) is 0.750. The van der Waals surface area contributed by atoms with Crippen LogP contribution in [0.25, 0.3) is 0 Å². The molecule has 0 amide bonds. The summed E-state index contributed by atoms with van der Waals surface area (Å²) in [7, 11) is 2.04. The highest BCUT2D eigenvalue weighted by Gasteiger charge is 2.31. The molecule has 0 spiro atoms. The van der Waals surface area contributed by atoms with Gasteiger partial charge in [0.1, 0.15) is 5.82 Å². The Kier molecular flexibility index (Phi) is 3.19. The first-order valence-electron chi connectivity index (χ1n) is 6.18. The van der Waals surface area contributed by atoms with E-state index >= 15 is 0 Å². The highest BCUT2D eigenvalue weighted by atomic mass is 15.4. The summed E-state index contributed by atoms with van der Waals surface area (Å²) in [5, 5.41) is 4.53. The lowest BCUT2D eigenvalue weighted by Gasteiger charge is -2.24. The molecule has 1 aliphatic carbocycles. The number of hydrogen-bond donors (Lipinski definition) is 1. The summed E-state index contributed by atoms with van der Waals surface area (Å²) in [6.45, 7) is 6.05. The van der Waals surface area contributed by atoms with Crippen LogP contribution in [-0.2, 0) is 13.5 Å². The van der Waals surface area contributed by atoms with Crippen molar-refractivity contribution in [2.75, 3.05) is 18.0 Å². The van der Waals surface area contributed by atoms with Gasteiger partial charge in [0, 0.05) is 25.2 Å². The summed E-state index contributed by atoms with van der Waals surface area (Å²) in [6.07, 6.45) is 3.57. The van der Waals surface area contributed by atoms with Gasteiger partial charge in [-0.3, -0.25) is 4.68 Å². The molecular weight excluding hydrogens is 200 g/mol. The van der Waals surface area contributed by atoms with Crippen LogP contribution in [0.3, 0.4) is 0 Å². The predicted octanol–water partition coefficient (Wildman–Crippen LogP) is 1.22. The Hall–Kier alpha value is -1.03. The molecular formula is C12H22N4. The van der Waals surface area contributed by atoms with Gasteiger partial charge in [-0.1, -0.05) is 0 Å². The first kappa shape index (κ1) is 11.5. The minimum atomic E-state index is 0.696. The van der Waals surface area contributed by atoms with Gasteiger partial charge in [-0.05, 0) is 39.7 Å². The Balaban J connectivity index is 2.35. The fourth-order valence-electron chi connectivity index (χ4n) is 2.45. The van der Waals surface area contributed by atoms with Crippen molar-refractivity contribution in [1.29, 1.82) is 0 Å². The Bertz CT molecular complexity index is 365. The quantitative estimate of drug-likeness (QED) is 0.815. The third-order valence-electron chi connectivity index (χ3n) is 3.31. The van der Waals surface area contributed by atoms with Gasteiger partial charge in [0.2, 0.25) is 0 Å². The van der Waals surface area contributed by atoms with Gasteiger partial charge in [-0.25, -0.2) is 0 Å². The van der Waals surface area contributed by atoms with E-state index < -0.39 is 0 Å². The van der Waals surface area contributed by atoms with Crippen molar-refractivity contribution in [3.8, 4) is 0 Å². The van der Waals surface area contributed by atoms with Gasteiger partial charge >= 0.3 is 0 Å². The minimum Gasteiger partial charge on any atom is -0.354 e. The van der Waals surface area contributed by atoms with Crippen LogP contribution in [0, 0.1) is 6.92 Å². The van der Waals surface area contributed by atoms with Gasteiger partial charge in [-0.2, -0.15) is 5.10 Å². The average molecular weight is 222 g/mol. The van der Waals surface area contributed by atoms with Crippen LogP contribution >= 0.6 is 0 Å². The van der Waals surface area contributed by atoms with Gasteiger partial charge in [0.15, 0.2) is 0 Å². The maximum absolute atomic E-state index is 5.69. The maximum Gasteiger partial charge on any atom is 0.130 e. The molecule has 4 heteroatoms. The second kappa shape index (κ2) is 4.45. The number of hydrogen-bond acceptors (Lipinski definition) is 3. The summed E-state index contributed by atoms with van der Waals surface area (Å²) in [5.74, 6) is 1.29. The predicted molar refractivity (Wildman–Crippen MR) is 66.7 cm³/mol. The molecule has 1 fully saturated rings. The van der Waals surface area contributed by atoms with E-state index in [0.717, 1.165) is 24.7 Å². The SMILES string of the molecule is CCN(c1c(CCN)c(C)nn1C)C1CC1. The molecule has 0 unspecified atom stereocenters. The van der Waals surface area contributed by atoms with E-state index in [1.807, 2.05) is 11.7 Å². The van der Waals surface area contributed by atoms with E-state index in [9.17, 15) is 0 Å². The molecule has 2 rings (SSSR count). The Labute approximate surface area is 97.4 Å². The molecule has 16 heavy (non-hydrogen) atoms. The number of rotatable bonds is 5. The molecule has 0 radical (unpaired) electrons. The second-order valence-corrected chi connectivity index (χ2v) is 4.57. The molecule has 1 aromatic heterocycles. The molecule has 0 atom stereocenters. The van der Waals surface area contributed by atoms with Crippen LogP contribution in [0.15, 0.2) is 0 Å². The fourth-order valence-corrected chi connectivity index (χ4v) is 2.45. The van der Waals surface area contributed by atoms with Crippen molar-refractivity contribution < 1.29 is 0 Å². The Morgan fingerprint density at radius 3 is 2.69 bits per heavy atom. The maximum atomic E-state index is 5.69. The van der Waals surface area contributed by atoms with E-state index in [2.05, 4.69) is 23.8 Å². The molecule has 0 bridgehead atoms. The van der Waals surface area contributed by atoms with Crippen molar-refractivity contribution in [2.24, 2.45) is 12.8 Å². The molecule has 0 aliphatic heterocycles. The van der Waals surface area contributed by atoms with E-state index in [1.165, 1.54) is 24.2 Å². The zero-order chi connectivity index (χ0) is 11.7. The van der Waals surface area contributed by atoms with E-state index in [-0.39, 0.29) is 0 Å². The van der Waals surface area contributed by atoms with Crippen molar-refractivity contribution in [3.63, 3.8) is 0 Å². The lowest BCUT2D eigenvalue weighted by molar-refractivity contribution is 0.701. The topological polar surface area (TPSA) is 47.1 Å². The van der Waals surface area contributed by atoms with Crippen LogP contribution in [-0.4, -0.2) is 28.9 Å². The molecule has 0 aromatic carbocycles. The Morgan fingerprint density at radius 2 is 2.19 bits per heavy atom. The zero-order valence-corrected chi connectivity index (χ0v) is 10.5. The largest absolute Gasteiger partial charge is 0.354 e. The minimum absolute atomic E-state index is 0.696. The summed E-state index contributed by atoms with van der Waals surface area (Å²) in [4.78, 5) is 2.48. The van der Waals surface area contributed by atoms with E-state index in [1.54, 1.807) is 0 Å². The summed E-state index contributed by atoms with van der Waals surface area (Å²) >= 11 is 0. The average Bonchev–Trinajstić information content (AvgIpc) is 3.02. The van der Waals surface area contributed by atoms with E-state index in [0.29, 0.717) is 6.54 Å². The normalized spacial score (nSPS) is 15.5. The summed E-state index contributed by atoms with van der Waals surface area (Å²) < 4.78 is 2.02. The van der Waals surface area contributed by atoms with Crippen LogP contribution in [0.5, 0.6) is 0 Å². The van der Waals surface area contributed by atoms with Crippen molar-refractivity contribution in [1.82, 2.24) is 9.78 Å². The molecule has 1 aromatic rings. The highest BCUT2D eigenvalue weighted by molar-refractivity contribution is 5.52. The third-order valence-corrected chi connectivity index (χ3v) is 3.31. The number of aromatic nitrogens is 2. The van der Waals surface area contributed by atoms with Crippen LogP contribution in [0.2, 0.25) is 0 Å². The summed E-state index contributed by atoms with van der Waals surface area (Å²) in [6, 6.07) is 0.733. The zero-order valence-electron chi connectivity index (χ0n) is 10.5. The molecule has 1 saturated carbocycles. The Morgan fingerprint density at radius 1 is 1.50 bits per heavy atom. The number of anilines is 1. The molecule has 2 N–H and O–H groups in total. The smallest absolute Gasteiger partial charge is 0.130 e. The number of nitrogens with zero attached hydrogens (tertiary/aromatic N) is 3. The van der Waals surface area contributed by atoms with Crippen LogP contribution < -0.4 is 10.6 Å². The summed E-state index contributed by atoms with van der Waals surface area (Å²) in [5.41, 5.74) is 8.14. The monoisotopic (exact) mass is 222 g/mol. The molecule has 1 heterocycles. The lowest BCUT2D eigenvalue weighted by Crippen LogP contribution is -2.28. The van der Waals surface area contributed by atoms with Crippen molar-refractivity contribution >= 4 is 5.82 Å². The van der Waals surface area contributed by atoms with Gasteiger partial charge in [-0.15, -0.1) is 0 Å². The highest BCUT2D eigenvalue weighted by Crippen LogP contribution is 2.34. The van der Waals surface area contributed by atoms with Gasteiger partial charge in [0.25, 0.3) is 0 Å². The van der Waals surface area contributed by atoms with Crippen LogP contribution in [0.4, 0.5) is 5.82 Å². The molecule has 4 nitrogen and oxygen atoms in total. The molecule has 90 valence electrons. The standard InChI is InChI=1S/C12H22N4/c1-4-16(10-5-6-10)12-11(7-8-13)9(2)14-15(12)3/h10H,4-8,13H2,1-3H3. The molecule has 1 aliphatic rings. The van der Waals surface area contributed by atoms with Gasteiger partial charge in [0.05, 0.1) is 5.69 Å². The second-order valence-electron chi connectivity index (χ2n) is 4.57. The number of nitrogens with two attached hydrogens (primary N) is 1. The first-order valence-corrected chi connectivity index (χ1v) is 6.18. The molecule has 0 saturated heterocycles. The van der Waals surface area contributed by atoms with Crippen molar-refractivity contribution in [3.05, 3.63) is 11.3 Å². The number of aryl methyl sites for hydroxylation is 2. The lowest BCUT2D eigenvalue weighted by atomic mass is 10.1. The van der Waals surface area contributed by atoms with Crippen LogP contribution in [0.1, 0.15) is 31.0 Å². The first-order chi connectivity index (χ1) is 7.69.